The van der Waals surface area contributed by atoms with Gasteiger partial charge in [-0.2, -0.15) is 10.4 Å². The number of amides is 2. The fourth-order valence-electron chi connectivity index (χ4n) is 5.40. The van der Waals surface area contributed by atoms with Crippen LogP contribution in [-0.4, -0.2) is 44.5 Å². The number of hydrogen-bond acceptors (Lipinski definition) is 5. The summed E-state index contributed by atoms with van der Waals surface area (Å²) in [6, 6.07) is 23.9. The van der Waals surface area contributed by atoms with Crippen LogP contribution in [0.1, 0.15) is 48.7 Å². The molecule has 1 N–H and O–H groups in total. The molecule has 0 aliphatic carbocycles. The quantitative estimate of drug-likeness (QED) is 0.315. The maximum atomic E-state index is 14.2. The highest BCUT2D eigenvalue weighted by Gasteiger charge is 2.29. The van der Waals surface area contributed by atoms with Crippen molar-refractivity contribution in [1.82, 2.24) is 24.4 Å². The number of hydrogen-bond donors (Lipinski definition) is 1. The third kappa shape index (κ3) is 4.78. The number of aromatic nitrogens is 3. The highest BCUT2D eigenvalue weighted by atomic mass is 79.9. The summed E-state index contributed by atoms with van der Waals surface area (Å²) in [5, 5.41) is 16.8. The van der Waals surface area contributed by atoms with Crippen LogP contribution < -0.4 is 10.9 Å². The molecule has 0 unspecified atom stereocenters. The SMILES string of the molecule is CNC(=O)c1ccc(-n2c(=O)c3c(n4ncc(Cc5ccccc5)c24)CN(C(=O)c2ccc(Br)c(C#N)c2)CC3)cc1. The Labute approximate surface area is 249 Å². The van der Waals surface area contributed by atoms with Crippen LogP contribution in [0.3, 0.4) is 0 Å². The van der Waals surface area contributed by atoms with E-state index in [2.05, 4.69) is 27.3 Å². The Bertz CT molecular complexity index is 1960. The molecule has 0 saturated heterocycles. The van der Waals surface area contributed by atoms with E-state index in [0.29, 0.717) is 63.1 Å². The zero-order chi connectivity index (χ0) is 29.4. The maximum absolute atomic E-state index is 14.2. The Balaban J connectivity index is 1.48. The molecule has 2 amide bonds. The molecule has 0 spiro atoms. The molecule has 0 atom stereocenters. The van der Waals surface area contributed by atoms with Gasteiger partial charge < -0.3 is 10.2 Å². The number of fused-ring (bicyclic) bond motifs is 3. The van der Waals surface area contributed by atoms with E-state index >= 15 is 0 Å². The van der Waals surface area contributed by atoms with Crippen molar-refractivity contribution in [2.75, 3.05) is 13.6 Å². The van der Waals surface area contributed by atoms with Gasteiger partial charge in [0.1, 0.15) is 11.7 Å². The van der Waals surface area contributed by atoms with Gasteiger partial charge in [-0.15, -0.1) is 0 Å². The van der Waals surface area contributed by atoms with Gasteiger partial charge in [-0.25, -0.2) is 4.52 Å². The summed E-state index contributed by atoms with van der Waals surface area (Å²) >= 11 is 3.34. The first kappa shape index (κ1) is 27.2. The molecule has 0 radical (unpaired) electrons. The van der Waals surface area contributed by atoms with E-state index in [0.717, 1.165) is 11.1 Å². The molecule has 1 aliphatic heterocycles. The lowest BCUT2D eigenvalue weighted by Gasteiger charge is -2.30. The minimum absolute atomic E-state index is 0.178. The first-order chi connectivity index (χ1) is 20.4. The second-order valence-corrected chi connectivity index (χ2v) is 10.9. The van der Waals surface area contributed by atoms with Crippen molar-refractivity contribution in [1.29, 1.82) is 5.26 Å². The second-order valence-electron chi connectivity index (χ2n) is 10.0. The van der Waals surface area contributed by atoms with Crippen molar-refractivity contribution in [3.8, 4) is 11.8 Å². The fourth-order valence-corrected chi connectivity index (χ4v) is 5.74. The molecule has 0 bridgehead atoms. The number of carbonyl (C=O) groups excluding carboxylic acids is 2. The summed E-state index contributed by atoms with van der Waals surface area (Å²) in [6.45, 7) is 0.541. The van der Waals surface area contributed by atoms with Gasteiger partial charge in [0.2, 0.25) is 0 Å². The normalized spacial score (nSPS) is 12.5. The monoisotopic (exact) mass is 620 g/mol. The number of nitriles is 1. The number of nitrogens with zero attached hydrogens (tertiary/aromatic N) is 5. The average Bonchev–Trinajstić information content (AvgIpc) is 3.44. The van der Waals surface area contributed by atoms with Crippen molar-refractivity contribution >= 4 is 33.4 Å². The van der Waals surface area contributed by atoms with E-state index in [1.54, 1.807) is 69.7 Å². The Morgan fingerprint density at radius 3 is 2.50 bits per heavy atom. The van der Waals surface area contributed by atoms with Gasteiger partial charge in [-0.3, -0.25) is 19.0 Å². The molecule has 10 heteroatoms. The lowest BCUT2D eigenvalue weighted by molar-refractivity contribution is 0.0729. The number of rotatable bonds is 5. The summed E-state index contributed by atoms with van der Waals surface area (Å²) in [5.41, 5.74) is 5.49. The molecule has 3 aromatic carbocycles. The first-order valence-corrected chi connectivity index (χ1v) is 14.2. The molecule has 9 nitrogen and oxygen atoms in total. The first-order valence-electron chi connectivity index (χ1n) is 13.4. The van der Waals surface area contributed by atoms with Crippen molar-refractivity contribution in [2.45, 2.75) is 19.4 Å². The van der Waals surface area contributed by atoms with E-state index in [1.165, 1.54) is 0 Å². The second kappa shape index (κ2) is 11.1. The van der Waals surface area contributed by atoms with Crippen LogP contribution in [0.4, 0.5) is 0 Å². The topological polar surface area (TPSA) is 112 Å². The Kier molecular flexibility index (Phi) is 7.19. The highest BCUT2D eigenvalue weighted by molar-refractivity contribution is 9.10. The minimum Gasteiger partial charge on any atom is -0.355 e. The zero-order valence-electron chi connectivity index (χ0n) is 22.7. The summed E-state index contributed by atoms with van der Waals surface area (Å²) in [4.78, 5) is 41.5. The van der Waals surface area contributed by atoms with E-state index < -0.39 is 0 Å². The van der Waals surface area contributed by atoms with Crippen LogP contribution in [0.2, 0.25) is 0 Å². The van der Waals surface area contributed by atoms with Gasteiger partial charge in [0.15, 0.2) is 0 Å². The molecule has 2 aromatic heterocycles. The van der Waals surface area contributed by atoms with Crippen LogP contribution in [0.5, 0.6) is 0 Å². The van der Waals surface area contributed by atoms with Crippen LogP contribution in [0.25, 0.3) is 11.3 Å². The summed E-state index contributed by atoms with van der Waals surface area (Å²) < 4.78 is 4.05. The molecule has 6 rings (SSSR count). The molecule has 3 heterocycles. The van der Waals surface area contributed by atoms with E-state index in [4.69, 9.17) is 5.10 Å². The molecular formula is C32H25BrN6O3. The summed E-state index contributed by atoms with van der Waals surface area (Å²) in [5.74, 6) is -0.431. The van der Waals surface area contributed by atoms with Crippen molar-refractivity contribution in [2.24, 2.45) is 0 Å². The standard InChI is InChI=1S/C32H25BrN6O3/c1-35-29(40)21-7-10-25(11-8-21)38-30-24(15-20-5-3-2-4-6-20)18-36-39(30)28-19-37(14-13-26(28)32(38)42)31(41)22-9-12-27(33)23(16-22)17-34/h2-12,16,18H,13-15,19H2,1H3,(H,35,40). The van der Waals surface area contributed by atoms with Gasteiger partial charge >= 0.3 is 0 Å². The van der Waals surface area contributed by atoms with Gasteiger partial charge in [0.25, 0.3) is 17.4 Å². The summed E-state index contributed by atoms with van der Waals surface area (Å²) in [6.07, 6.45) is 2.67. The molecule has 0 saturated carbocycles. The van der Waals surface area contributed by atoms with Crippen molar-refractivity contribution < 1.29 is 9.59 Å². The van der Waals surface area contributed by atoms with Gasteiger partial charge in [0, 0.05) is 46.7 Å². The third-order valence-corrected chi connectivity index (χ3v) is 8.23. The summed E-state index contributed by atoms with van der Waals surface area (Å²) in [7, 11) is 1.57. The highest BCUT2D eigenvalue weighted by Crippen LogP contribution is 2.26. The molecule has 208 valence electrons. The smallest absolute Gasteiger partial charge is 0.261 e. The molecule has 42 heavy (non-hydrogen) atoms. The van der Waals surface area contributed by atoms with Crippen molar-refractivity contribution in [3.63, 3.8) is 0 Å². The lowest BCUT2D eigenvalue weighted by Crippen LogP contribution is -2.41. The van der Waals surface area contributed by atoms with E-state index in [1.807, 2.05) is 30.3 Å². The Hall–Kier alpha value is -5.01. The molecular weight excluding hydrogens is 596 g/mol. The van der Waals surface area contributed by atoms with Gasteiger partial charge in [0.05, 0.1) is 29.7 Å². The van der Waals surface area contributed by atoms with Crippen molar-refractivity contribution in [3.05, 3.63) is 133 Å². The lowest BCUT2D eigenvalue weighted by atomic mass is 10.0. The molecule has 0 fully saturated rings. The van der Waals surface area contributed by atoms with Crippen LogP contribution in [0, 0.1) is 11.3 Å². The molecule has 1 aliphatic rings. The minimum atomic E-state index is -0.219. The zero-order valence-corrected chi connectivity index (χ0v) is 24.3. The number of carbonyl (C=O) groups is 2. The predicted octanol–water partition coefficient (Wildman–Crippen LogP) is 4.27. The van der Waals surface area contributed by atoms with E-state index in [-0.39, 0.29) is 23.9 Å². The van der Waals surface area contributed by atoms with Crippen LogP contribution in [-0.2, 0) is 19.4 Å². The Morgan fingerprint density at radius 1 is 1.05 bits per heavy atom. The van der Waals surface area contributed by atoms with Crippen LogP contribution >= 0.6 is 15.9 Å². The third-order valence-electron chi connectivity index (χ3n) is 7.54. The van der Waals surface area contributed by atoms with E-state index in [9.17, 15) is 19.6 Å². The van der Waals surface area contributed by atoms with Gasteiger partial charge in [-0.05, 0) is 70.4 Å². The van der Waals surface area contributed by atoms with Crippen LogP contribution in [0.15, 0.2) is 88.3 Å². The average molecular weight is 621 g/mol. The maximum Gasteiger partial charge on any atom is 0.261 e. The number of benzene rings is 3. The Morgan fingerprint density at radius 2 is 1.79 bits per heavy atom. The van der Waals surface area contributed by atoms with Gasteiger partial charge in [-0.1, -0.05) is 30.3 Å². The predicted molar refractivity (Wildman–Crippen MR) is 161 cm³/mol. The fraction of sp³-hybridized carbons (Fsp3) is 0.156. The largest absolute Gasteiger partial charge is 0.355 e. The number of nitrogens with one attached hydrogen (secondary N) is 1. The number of halogens is 1. The molecule has 5 aromatic rings.